The van der Waals surface area contributed by atoms with E-state index in [0.29, 0.717) is 5.75 Å². The molecule has 0 saturated carbocycles. The molecule has 0 aliphatic heterocycles. The topological polar surface area (TPSA) is 63.6 Å². The Morgan fingerprint density at radius 1 is 1.07 bits per heavy atom. The Bertz CT molecular complexity index is 1130. The number of carbonyl (C=O) groups is 1. The van der Waals surface area contributed by atoms with Gasteiger partial charge in [0.05, 0.1) is 5.75 Å². The maximum Gasteiger partial charge on any atom is 0.191 e. The van der Waals surface area contributed by atoms with Crippen LogP contribution in [-0.2, 0) is 19.4 Å². The van der Waals surface area contributed by atoms with Crippen LogP contribution < -0.4 is 0 Å². The molecule has 0 aliphatic rings. The van der Waals surface area contributed by atoms with Gasteiger partial charge in [-0.25, -0.2) is 0 Å². The number of aryl methyl sites for hydroxylation is 1. The highest BCUT2D eigenvalue weighted by Gasteiger charge is 2.17. The Labute approximate surface area is 174 Å². The second-order valence-electron chi connectivity index (χ2n) is 6.91. The SMILES string of the molecule is CCc1cccc2c(C(=O)CSc3nnc(Cc4ccccc4)n3CC)c[nH]c12. The Balaban J connectivity index is 1.50. The number of ketones is 1. The van der Waals surface area contributed by atoms with Crippen molar-refractivity contribution in [2.24, 2.45) is 0 Å². The van der Waals surface area contributed by atoms with Crippen molar-refractivity contribution in [3.63, 3.8) is 0 Å². The van der Waals surface area contributed by atoms with Crippen LogP contribution in [-0.4, -0.2) is 31.3 Å². The average molecular weight is 405 g/mol. The molecule has 0 amide bonds. The number of H-pyrrole nitrogens is 1. The van der Waals surface area contributed by atoms with Crippen molar-refractivity contribution >= 4 is 28.4 Å². The summed E-state index contributed by atoms with van der Waals surface area (Å²) in [6.07, 6.45) is 3.50. The third-order valence-corrected chi connectivity index (χ3v) is 6.10. The maximum atomic E-state index is 12.9. The quantitative estimate of drug-likeness (QED) is 0.335. The van der Waals surface area contributed by atoms with Gasteiger partial charge in [0, 0.05) is 35.6 Å². The normalized spacial score (nSPS) is 11.2. The van der Waals surface area contributed by atoms with E-state index in [1.165, 1.54) is 22.9 Å². The van der Waals surface area contributed by atoms with Crippen molar-refractivity contribution in [1.29, 1.82) is 0 Å². The van der Waals surface area contributed by atoms with E-state index in [9.17, 15) is 4.79 Å². The summed E-state index contributed by atoms with van der Waals surface area (Å²) in [6, 6.07) is 16.4. The van der Waals surface area contributed by atoms with E-state index in [1.54, 1.807) is 0 Å². The fraction of sp³-hybridized carbons (Fsp3) is 0.261. The van der Waals surface area contributed by atoms with Crippen LogP contribution >= 0.6 is 11.8 Å². The predicted molar refractivity (Wildman–Crippen MR) is 118 cm³/mol. The number of fused-ring (bicyclic) bond motifs is 1. The van der Waals surface area contributed by atoms with Gasteiger partial charge in [-0.1, -0.05) is 67.2 Å². The lowest BCUT2D eigenvalue weighted by Crippen LogP contribution is -2.06. The van der Waals surface area contributed by atoms with E-state index in [0.717, 1.165) is 46.8 Å². The molecule has 0 radical (unpaired) electrons. The van der Waals surface area contributed by atoms with E-state index in [4.69, 9.17) is 0 Å². The van der Waals surface area contributed by atoms with Crippen LogP contribution in [0.1, 0.15) is 41.2 Å². The number of Topliss-reactive ketones (excluding diaryl/α,β-unsaturated/α-hetero) is 1. The van der Waals surface area contributed by atoms with Crippen molar-refractivity contribution in [3.8, 4) is 0 Å². The first-order valence-corrected chi connectivity index (χ1v) is 10.9. The molecule has 4 aromatic rings. The van der Waals surface area contributed by atoms with Gasteiger partial charge in [-0.15, -0.1) is 10.2 Å². The number of hydrogen-bond donors (Lipinski definition) is 1. The molecule has 2 aromatic carbocycles. The van der Waals surface area contributed by atoms with Gasteiger partial charge in [-0.3, -0.25) is 4.79 Å². The molecular formula is C23H24N4OS. The third-order valence-electron chi connectivity index (χ3n) is 5.13. The van der Waals surface area contributed by atoms with Crippen LogP contribution in [0, 0.1) is 0 Å². The summed E-state index contributed by atoms with van der Waals surface area (Å²) >= 11 is 1.45. The van der Waals surface area contributed by atoms with Gasteiger partial charge in [0.15, 0.2) is 10.9 Å². The number of rotatable bonds is 8. The van der Waals surface area contributed by atoms with E-state index < -0.39 is 0 Å². The second kappa shape index (κ2) is 8.66. The number of aromatic nitrogens is 4. The molecule has 0 bridgehead atoms. The lowest BCUT2D eigenvalue weighted by atomic mass is 10.1. The molecule has 6 heteroatoms. The fourth-order valence-electron chi connectivity index (χ4n) is 3.60. The first-order chi connectivity index (χ1) is 14.2. The van der Waals surface area contributed by atoms with Crippen LogP contribution in [0.3, 0.4) is 0 Å². The van der Waals surface area contributed by atoms with E-state index in [-0.39, 0.29) is 5.78 Å². The number of nitrogens with zero attached hydrogens (tertiary/aromatic N) is 3. The highest BCUT2D eigenvalue weighted by Crippen LogP contribution is 2.25. The number of para-hydroxylation sites is 1. The summed E-state index contributed by atoms with van der Waals surface area (Å²) in [4.78, 5) is 16.2. The Morgan fingerprint density at radius 2 is 1.90 bits per heavy atom. The molecule has 1 N–H and O–H groups in total. The van der Waals surface area contributed by atoms with Gasteiger partial charge in [0.2, 0.25) is 0 Å². The van der Waals surface area contributed by atoms with Gasteiger partial charge in [-0.2, -0.15) is 0 Å². The zero-order chi connectivity index (χ0) is 20.2. The summed E-state index contributed by atoms with van der Waals surface area (Å²) in [5.74, 6) is 1.37. The highest BCUT2D eigenvalue weighted by atomic mass is 32.2. The summed E-state index contributed by atoms with van der Waals surface area (Å²) < 4.78 is 2.09. The predicted octanol–water partition coefficient (Wildman–Crippen LogP) is 4.91. The average Bonchev–Trinajstić information content (AvgIpc) is 3.36. The smallest absolute Gasteiger partial charge is 0.191 e. The first-order valence-electron chi connectivity index (χ1n) is 9.92. The van der Waals surface area contributed by atoms with Crippen LogP contribution in [0.2, 0.25) is 0 Å². The monoisotopic (exact) mass is 404 g/mol. The summed E-state index contributed by atoms with van der Waals surface area (Å²) in [6.45, 7) is 4.98. The molecule has 0 atom stereocenters. The lowest BCUT2D eigenvalue weighted by Gasteiger charge is -2.07. The molecule has 0 saturated heterocycles. The minimum atomic E-state index is 0.102. The standard InChI is InChI=1S/C23H24N4OS/c1-3-17-11-8-12-18-19(14-24-22(17)18)20(28)15-29-23-26-25-21(27(23)4-2)13-16-9-6-5-7-10-16/h5-12,14,24H,3-4,13,15H2,1-2H3. The van der Waals surface area contributed by atoms with Crippen LogP contribution in [0.5, 0.6) is 0 Å². The summed E-state index contributed by atoms with van der Waals surface area (Å²) in [7, 11) is 0. The highest BCUT2D eigenvalue weighted by molar-refractivity contribution is 7.99. The molecule has 0 unspecified atom stereocenters. The van der Waals surface area contributed by atoms with Crippen LogP contribution in [0.15, 0.2) is 59.9 Å². The number of aromatic amines is 1. The molecule has 4 rings (SSSR count). The largest absolute Gasteiger partial charge is 0.360 e. The van der Waals surface area contributed by atoms with Crippen molar-refractivity contribution in [2.45, 2.75) is 38.4 Å². The molecule has 2 heterocycles. The van der Waals surface area contributed by atoms with E-state index in [2.05, 4.69) is 51.8 Å². The Morgan fingerprint density at radius 3 is 2.66 bits per heavy atom. The summed E-state index contributed by atoms with van der Waals surface area (Å²) in [5, 5.41) is 10.5. The van der Waals surface area contributed by atoms with Crippen molar-refractivity contribution in [2.75, 3.05) is 5.75 Å². The Hall–Kier alpha value is -2.86. The van der Waals surface area contributed by atoms with E-state index in [1.807, 2.05) is 36.5 Å². The minimum Gasteiger partial charge on any atom is -0.360 e. The number of carbonyl (C=O) groups excluding carboxylic acids is 1. The van der Waals surface area contributed by atoms with Gasteiger partial charge in [-0.05, 0) is 24.5 Å². The zero-order valence-electron chi connectivity index (χ0n) is 16.7. The number of thioether (sulfide) groups is 1. The molecule has 148 valence electrons. The minimum absolute atomic E-state index is 0.102. The Kier molecular flexibility index (Phi) is 5.81. The third kappa shape index (κ3) is 3.98. The molecule has 5 nitrogen and oxygen atoms in total. The zero-order valence-corrected chi connectivity index (χ0v) is 17.5. The first kappa shape index (κ1) is 19.5. The molecule has 0 spiro atoms. The second-order valence-corrected chi connectivity index (χ2v) is 7.86. The van der Waals surface area contributed by atoms with Gasteiger partial charge in [0.25, 0.3) is 0 Å². The van der Waals surface area contributed by atoms with E-state index >= 15 is 0 Å². The summed E-state index contributed by atoms with van der Waals surface area (Å²) in [5.41, 5.74) is 4.23. The lowest BCUT2D eigenvalue weighted by molar-refractivity contribution is 0.102. The fourth-order valence-corrected chi connectivity index (χ4v) is 4.51. The number of benzene rings is 2. The molecule has 2 aromatic heterocycles. The maximum absolute atomic E-state index is 12.9. The van der Waals surface area contributed by atoms with Gasteiger partial charge < -0.3 is 9.55 Å². The number of nitrogens with one attached hydrogen (secondary N) is 1. The van der Waals surface area contributed by atoms with Crippen molar-refractivity contribution < 1.29 is 4.79 Å². The van der Waals surface area contributed by atoms with Crippen molar-refractivity contribution in [3.05, 3.63) is 77.2 Å². The van der Waals surface area contributed by atoms with Gasteiger partial charge in [0.1, 0.15) is 5.82 Å². The van der Waals surface area contributed by atoms with Crippen molar-refractivity contribution in [1.82, 2.24) is 19.7 Å². The molecule has 29 heavy (non-hydrogen) atoms. The van der Waals surface area contributed by atoms with Crippen LogP contribution in [0.4, 0.5) is 0 Å². The number of hydrogen-bond acceptors (Lipinski definition) is 4. The molecular weight excluding hydrogens is 380 g/mol. The molecule has 0 fully saturated rings. The van der Waals surface area contributed by atoms with Gasteiger partial charge >= 0.3 is 0 Å². The van der Waals surface area contributed by atoms with Crippen LogP contribution in [0.25, 0.3) is 10.9 Å². The molecule has 0 aliphatic carbocycles.